The number of urea groups is 1. The van der Waals surface area contributed by atoms with Gasteiger partial charge in [-0.3, -0.25) is 9.69 Å². The van der Waals surface area contributed by atoms with Gasteiger partial charge in [0.15, 0.2) is 0 Å². The lowest BCUT2D eigenvalue weighted by Gasteiger charge is -2.42. The molecule has 2 amide bonds. The highest BCUT2D eigenvalue weighted by molar-refractivity contribution is 5.75. The summed E-state index contributed by atoms with van der Waals surface area (Å²) in [5.41, 5.74) is -0.0490. The van der Waals surface area contributed by atoms with Crippen molar-refractivity contribution in [3.05, 3.63) is 29.8 Å². The van der Waals surface area contributed by atoms with Gasteiger partial charge in [-0.15, -0.1) is 0 Å². The molecule has 1 aromatic carbocycles. The van der Waals surface area contributed by atoms with Gasteiger partial charge in [-0.05, 0) is 37.9 Å². The van der Waals surface area contributed by atoms with Crippen molar-refractivity contribution in [2.45, 2.75) is 44.3 Å². The molecule has 0 radical (unpaired) electrons. The molecule has 1 saturated carbocycles. The average molecular weight is 396 g/mol. The first-order valence-corrected chi connectivity index (χ1v) is 9.59. The normalized spacial score (nSPS) is 24.1. The number of carboxylic acid groups (broad SMARTS) is 1. The van der Waals surface area contributed by atoms with Crippen LogP contribution in [0.25, 0.3) is 0 Å². The van der Waals surface area contributed by atoms with Gasteiger partial charge in [-0.1, -0.05) is 13.0 Å². The number of carbonyl (C=O) groups excluding carboxylic acids is 1. The molecular formula is C19H26F2N4O3. The molecule has 2 fully saturated rings. The molecule has 0 aromatic heterocycles. The Morgan fingerprint density at radius 2 is 1.86 bits per heavy atom. The molecule has 1 aliphatic carbocycles. The second kappa shape index (κ2) is 8.72. The molecule has 1 heterocycles. The quantitative estimate of drug-likeness (QED) is 0.654. The van der Waals surface area contributed by atoms with E-state index in [4.69, 9.17) is 5.11 Å². The summed E-state index contributed by atoms with van der Waals surface area (Å²) in [6.07, 6.45) is 2.04. The summed E-state index contributed by atoms with van der Waals surface area (Å²) < 4.78 is 27.8. The maximum absolute atomic E-state index is 13.9. The first kappa shape index (κ1) is 20.3. The highest BCUT2D eigenvalue weighted by atomic mass is 19.1. The van der Waals surface area contributed by atoms with Crippen molar-refractivity contribution < 1.29 is 23.5 Å². The number of carboxylic acids is 1. The minimum atomic E-state index is -0.854. The Kier molecular flexibility index (Phi) is 6.33. The Bertz CT molecular complexity index is 707. The van der Waals surface area contributed by atoms with Gasteiger partial charge in [-0.2, -0.15) is 0 Å². The molecular weight excluding hydrogens is 370 g/mol. The Balaban J connectivity index is 1.43. The monoisotopic (exact) mass is 396 g/mol. The summed E-state index contributed by atoms with van der Waals surface area (Å²) in [5, 5.41) is 14.7. The van der Waals surface area contributed by atoms with Crippen LogP contribution in [-0.2, 0) is 4.79 Å². The van der Waals surface area contributed by atoms with E-state index in [1.807, 2.05) is 11.8 Å². The fourth-order valence-corrected chi connectivity index (χ4v) is 3.96. The van der Waals surface area contributed by atoms with Crippen molar-refractivity contribution in [1.82, 2.24) is 15.5 Å². The molecule has 154 valence electrons. The lowest BCUT2D eigenvalue weighted by molar-refractivity contribution is -0.139. The smallest absolute Gasteiger partial charge is 0.317 e. The first-order valence-electron chi connectivity index (χ1n) is 9.59. The molecule has 1 aromatic rings. The number of carbonyl (C=O) groups is 2. The number of anilines is 1. The van der Waals surface area contributed by atoms with Crippen LogP contribution in [0.2, 0.25) is 0 Å². The van der Waals surface area contributed by atoms with Crippen molar-refractivity contribution in [2.75, 3.05) is 31.1 Å². The van der Waals surface area contributed by atoms with E-state index < -0.39 is 17.6 Å². The van der Waals surface area contributed by atoms with Crippen LogP contribution in [0, 0.1) is 11.6 Å². The molecule has 3 N–H and O–H groups in total. The number of nitrogens with zero attached hydrogens (tertiary/aromatic N) is 2. The van der Waals surface area contributed by atoms with Crippen LogP contribution >= 0.6 is 0 Å². The lowest BCUT2D eigenvalue weighted by atomic mass is 9.85. The summed E-state index contributed by atoms with van der Waals surface area (Å²) in [6, 6.07) is 3.47. The van der Waals surface area contributed by atoms with E-state index in [2.05, 4.69) is 10.6 Å². The minimum Gasteiger partial charge on any atom is -0.480 e. The third-order valence-electron chi connectivity index (χ3n) is 5.49. The van der Waals surface area contributed by atoms with E-state index >= 15 is 0 Å². The summed E-state index contributed by atoms with van der Waals surface area (Å²) in [4.78, 5) is 26.6. The molecule has 3 rings (SSSR count). The molecule has 1 unspecified atom stereocenters. The molecule has 0 spiro atoms. The van der Waals surface area contributed by atoms with Gasteiger partial charge in [0.2, 0.25) is 0 Å². The van der Waals surface area contributed by atoms with Crippen LogP contribution in [0.5, 0.6) is 0 Å². The van der Waals surface area contributed by atoms with Crippen molar-refractivity contribution >= 4 is 17.7 Å². The largest absolute Gasteiger partial charge is 0.480 e. The van der Waals surface area contributed by atoms with E-state index in [-0.39, 0.29) is 36.4 Å². The van der Waals surface area contributed by atoms with Crippen LogP contribution in [0.1, 0.15) is 26.2 Å². The predicted octanol–water partition coefficient (Wildman–Crippen LogP) is 1.78. The highest BCUT2D eigenvalue weighted by Crippen LogP contribution is 2.27. The summed E-state index contributed by atoms with van der Waals surface area (Å²) in [7, 11) is 0. The molecule has 1 atom stereocenters. The maximum atomic E-state index is 13.9. The second-order valence-electron chi connectivity index (χ2n) is 7.40. The number of likely N-dealkylation sites (N-methyl/N-ethyl adjacent to an activating group) is 1. The van der Waals surface area contributed by atoms with Crippen molar-refractivity contribution in [3.63, 3.8) is 0 Å². The van der Waals surface area contributed by atoms with Crippen LogP contribution < -0.4 is 15.5 Å². The van der Waals surface area contributed by atoms with Gasteiger partial charge in [-0.25, -0.2) is 13.6 Å². The van der Waals surface area contributed by atoms with E-state index in [9.17, 15) is 18.4 Å². The Morgan fingerprint density at radius 1 is 1.21 bits per heavy atom. The van der Waals surface area contributed by atoms with Gasteiger partial charge in [0.25, 0.3) is 0 Å². The standard InChI is InChI=1S/C19H26F2N4O3/c1-2-24(11-17(26)27)14-8-13(9-14)23-19(28)22-12-6-7-25(10-12)18-15(20)4-3-5-16(18)21/h3-5,12-14H,2,6-11H2,1H3,(H,26,27)(H2,22,23,28). The van der Waals surface area contributed by atoms with E-state index in [0.717, 1.165) is 0 Å². The zero-order chi connectivity index (χ0) is 20.3. The molecule has 0 bridgehead atoms. The van der Waals surface area contributed by atoms with Gasteiger partial charge in [0, 0.05) is 31.2 Å². The van der Waals surface area contributed by atoms with E-state index in [0.29, 0.717) is 38.9 Å². The zero-order valence-corrected chi connectivity index (χ0v) is 15.8. The highest BCUT2D eigenvalue weighted by Gasteiger charge is 2.35. The van der Waals surface area contributed by atoms with Gasteiger partial charge >= 0.3 is 12.0 Å². The van der Waals surface area contributed by atoms with Crippen molar-refractivity contribution in [2.24, 2.45) is 0 Å². The number of nitrogens with one attached hydrogen (secondary N) is 2. The minimum absolute atomic E-state index is 0.00456. The predicted molar refractivity (Wildman–Crippen MR) is 100 cm³/mol. The van der Waals surface area contributed by atoms with E-state index in [1.54, 1.807) is 4.90 Å². The topological polar surface area (TPSA) is 84.9 Å². The second-order valence-corrected chi connectivity index (χ2v) is 7.40. The lowest BCUT2D eigenvalue weighted by Crippen LogP contribution is -2.57. The van der Waals surface area contributed by atoms with Crippen LogP contribution in [0.4, 0.5) is 19.3 Å². The Morgan fingerprint density at radius 3 is 2.46 bits per heavy atom. The van der Waals surface area contributed by atoms with Crippen molar-refractivity contribution in [3.8, 4) is 0 Å². The SMILES string of the molecule is CCN(CC(=O)O)C1CC(NC(=O)NC2CCN(c3c(F)cccc3F)C2)C1. The number of aliphatic carboxylic acids is 1. The summed E-state index contributed by atoms with van der Waals surface area (Å²) in [5.74, 6) is -2.06. The number of benzene rings is 1. The number of hydrogen-bond acceptors (Lipinski definition) is 4. The molecule has 1 saturated heterocycles. The summed E-state index contributed by atoms with van der Waals surface area (Å²) >= 11 is 0. The number of halogens is 2. The number of hydrogen-bond donors (Lipinski definition) is 3. The van der Waals surface area contributed by atoms with Crippen LogP contribution in [0.15, 0.2) is 18.2 Å². The first-order chi connectivity index (χ1) is 13.4. The van der Waals surface area contributed by atoms with Crippen LogP contribution in [0.3, 0.4) is 0 Å². The molecule has 7 nitrogen and oxygen atoms in total. The maximum Gasteiger partial charge on any atom is 0.317 e. The third kappa shape index (κ3) is 4.70. The number of amides is 2. The molecule has 9 heteroatoms. The third-order valence-corrected chi connectivity index (χ3v) is 5.49. The molecule has 1 aliphatic heterocycles. The Hall–Kier alpha value is -2.42. The van der Waals surface area contributed by atoms with Crippen LogP contribution in [-0.4, -0.2) is 66.3 Å². The number of rotatable bonds is 7. The van der Waals surface area contributed by atoms with E-state index in [1.165, 1.54) is 18.2 Å². The van der Waals surface area contributed by atoms with Gasteiger partial charge < -0.3 is 20.6 Å². The van der Waals surface area contributed by atoms with Gasteiger partial charge in [0.1, 0.15) is 17.3 Å². The van der Waals surface area contributed by atoms with Crippen molar-refractivity contribution in [1.29, 1.82) is 0 Å². The fraction of sp³-hybridized carbons (Fsp3) is 0.579. The zero-order valence-electron chi connectivity index (χ0n) is 15.8. The average Bonchev–Trinajstić information content (AvgIpc) is 3.03. The Labute approximate surface area is 162 Å². The van der Waals surface area contributed by atoms with Gasteiger partial charge in [0.05, 0.1) is 6.54 Å². The molecule has 28 heavy (non-hydrogen) atoms. The summed E-state index contributed by atoms with van der Waals surface area (Å²) in [6.45, 7) is 3.39. The fourth-order valence-electron chi connectivity index (χ4n) is 3.96. The molecule has 2 aliphatic rings. The number of para-hydroxylation sites is 1.